The van der Waals surface area contributed by atoms with Gasteiger partial charge in [-0.1, -0.05) is 36.4 Å². The molecular formula is C19H15NOS. The molecule has 0 radical (unpaired) electrons. The van der Waals surface area contributed by atoms with Crippen molar-refractivity contribution in [3.8, 4) is 5.69 Å². The summed E-state index contributed by atoms with van der Waals surface area (Å²) in [4.78, 5) is 14.2. The summed E-state index contributed by atoms with van der Waals surface area (Å²) < 4.78 is 2.01. The van der Waals surface area contributed by atoms with Crippen LogP contribution in [0.3, 0.4) is 0 Å². The highest BCUT2D eigenvalue weighted by Crippen LogP contribution is 2.43. The van der Waals surface area contributed by atoms with Crippen LogP contribution in [0.4, 0.5) is 0 Å². The molecule has 3 aromatic rings. The van der Waals surface area contributed by atoms with Crippen molar-refractivity contribution in [2.75, 3.05) is 0 Å². The van der Waals surface area contributed by atoms with Crippen molar-refractivity contribution in [3.05, 3.63) is 83.7 Å². The van der Waals surface area contributed by atoms with E-state index in [4.69, 9.17) is 0 Å². The van der Waals surface area contributed by atoms with Crippen molar-refractivity contribution in [1.82, 2.24) is 4.57 Å². The van der Waals surface area contributed by atoms with E-state index >= 15 is 0 Å². The zero-order chi connectivity index (χ0) is 15.1. The van der Waals surface area contributed by atoms with Crippen LogP contribution in [0.5, 0.6) is 0 Å². The van der Waals surface area contributed by atoms with Crippen molar-refractivity contribution >= 4 is 17.5 Å². The first-order chi connectivity index (χ1) is 10.7. The summed E-state index contributed by atoms with van der Waals surface area (Å²) in [5.74, 6) is 0.162. The summed E-state index contributed by atoms with van der Waals surface area (Å²) in [6.45, 7) is 2.08. The molecule has 4 rings (SSSR count). The van der Waals surface area contributed by atoms with Crippen LogP contribution in [0.2, 0.25) is 0 Å². The Bertz CT molecular complexity index is 851. The molecule has 1 aliphatic rings. The van der Waals surface area contributed by atoms with Gasteiger partial charge in [0.05, 0.1) is 16.6 Å². The molecular weight excluding hydrogens is 290 g/mol. The van der Waals surface area contributed by atoms with Gasteiger partial charge in [0.25, 0.3) is 0 Å². The van der Waals surface area contributed by atoms with Gasteiger partial charge >= 0.3 is 0 Å². The number of aryl methyl sites for hydroxylation is 1. The fourth-order valence-electron chi connectivity index (χ4n) is 2.87. The third-order valence-electron chi connectivity index (χ3n) is 3.96. The molecule has 0 amide bonds. The zero-order valence-electron chi connectivity index (χ0n) is 12.2. The normalized spacial score (nSPS) is 16.8. The van der Waals surface area contributed by atoms with Crippen LogP contribution in [0.25, 0.3) is 5.69 Å². The number of carbonyl (C=O) groups is 1. The van der Waals surface area contributed by atoms with Crippen LogP contribution in [0, 0.1) is 6.92 Å². The third kappa shape index (κ3) is 2.09. The van der Waals surface area contributed by atoms with Gasteiger partial charge in [-0.3, -0.25) is 4.79 Å². The molecule has 3 heteroatoms. The maximum Gasteiger partial charge on any atom is 0.197 e. The van der Waals surface area contributed by atoms with Crippen molar-refractivity contribution in [1.29, 1.82) is 0 Å². The van der Waals surface area contributed by atoms with Gasteiger partial charge in [-0.05, 0) is 42.3 Å². The van der Waals surface area contributed by atoms with Gasteiger partial charge in [-0.25, -0.2) is 0 Å². The van der Waals surface area contributed by atoms with Crippen molar-refractivity contribution in [3.63, 3.8) is 0 Å². The van der Waals surface area contributed by atoms with E-state index in [2.05, 4.69) is 25.1 Å². The molecule has 2 aromatic carbocycles. The van der Waals surface area contributed by atoms with E-state index in [-0.39, 0.29) is 11.0 Å². The number of carbonyl (C=O) groups excluding carboxylic acids is 1. The molecule has 1 atom stereocenters. The lowest BCUT2D eigenvalue weighted by Crippen LogP contribution is -2.11. The van der Waals surface area contributed by atoms with E-state index in [1.807, 2.05) is 53.2 Å². The number of fused-ring (bicyclic) bond motifs is 3. The number of benzene rings is 2. The molecule has 1 aliphatic heterocycles. The van der Waals surface area contributed by atoms with Crippen LogP contribution in [-0.4, -0.2) is 10.4 Å². The predicted molar refractivity (Wildman–Crippen MR) is 89.9 cm³/mol. The molecule has 0 aliphatic carbocycles. The Morgan fingerprint density at radius 2 is 1.82 bits per heavy atom. The van der Waals surface area contributed by atoms with Crippen molar-refractivity contribution < 1.29 is 4.79 Å². The number of hydrogen-bond acceptors (Lipinski definition) is 2. The number of rotatable bonds is 1. The van der Waals surface area contributed by atoms with Gasteiger partial charge < -0.3 is 4.57 Å². The highest BCUT2D eigenvalue weighted by Gasteiger charge is 2.30. The maximum atomic E-state index is 13.0. The highest BCUT2D eigenvalue weighted by atomic mass is 32.2. The van der Waals surface area contributed by atoms with Crippen LogP contribution >= 0.6 is 11.8 Å². The SMILES string of the molecule is Cc1ccc2c(c1)-n1cccc1C(=O)C(c1ccccc1)S2. The minimum absolute atomic E-state index is 0.162. The second-order valence-electron chi connectivity index (χ2n) is 5.51. The molecule has 0 saturated carbocycles. The predicted octanol–water partition coefficient (Wildman–Crippen LogP) is 4.82. The summed E-state index contributed by atoms with van der Waals surface area (Å²) >= 11 is 1.64. The minimum atomic E-state index is -0.196. The summed E-state index contributed by atoms with van der Waals surface area (Å²) in [5, 5.41) is -0.196. The van der Waals surface area contributed by atoms with Crippen LogP contribution in [0.1, 0.15) is 26.9 Å². The first-order valence-electron chi connectivity index (χ1n) is 7.28. The Morgan fingerprint density at radius 1 is 1.00 bits per heavy atom. The largest absolute Gasteiger partial charge is 0.313 e. The summed E-state index contributed by atoms with van der Waals surface area (Å²) in [7, 11) is 0. The number of hydrogen-bond donors (Lipinski definition) is 0. The summed E-state index contributed by atoms with van der Waals surface area (Å²) in [6, 6.07) is 20.2. The first kappa shape index (κ1) is 13.4. The topological polar surface area (TPSA) is 22.0 Å². The van der Waals surface area contributed by atoms with E-state index < -0.39 is 0 Å². The monoisotopic (exact) mass is 305 g/mol. The Kier molecular flexibility index (Phi) is 3.16. The third-order valence-corrected chi connectivity index (χ3v) is 5.28. The Morgan fingerprint density at radius 3 is 2.64 bits per heavy atom. The highest BCUT2D eigenvalue weighted by molar-refractivity contribution is 8.00. The second-order valence-corrected chi connectivity index (χ2v) is 6.65. The minimum Gasteiger partial charge on any atom is -0.313 e. The molecule has 0 fully saturated rings. The number of Topliss-reactive ketones (excluding diaryl/α,β-unsaturated/α-hetero) is 1. The smallest absolute Gasteiger partial charge is 0.197 e. The second kappa shape index (κ2) is 5.18. The van der Waals surface area contributed by atoms with Gasteiger partial charge in [0.2, 0.25) is 0 Å². The van der Waals surface area contributed by atoms with Gasteiger partial charge in [0, 0.05) is 11.1 Å². The average Bonchev–Trinajstić information content (AvgIpc) is 2.99. The molecule has 0 N–H and O–H groups in total. The van der Waals surface area contributed by atoms with Gasteiger partial charge in [-0.15, -0.1) is 11.8 Å². The van der Waals surface area contributed by atoms with Crippen LogP contribution in [-0.2, 0) is 0 Å². The van der Waals surface area contributed by atoms with Crippen LogP contribution in [0.15, 0.2) is 71.8 Å². The summed E-state index contributed by atoms with van der Waals surface area (Å²) in [6.07, 6.45) is 1.97. The Labute approximate surface area is 133 Å². The molecule has 22 heavy (non-hydrogen) atoms. The number of thioether (sulfide) groups is 1. The van der Waals surface area contributed by atoms with E-state index in [9.17, 15) is 4.79 Å². The molecule has 2 nitrogen and oxygen atoms in total. The lowest BCUT2D eigenvalue weighted by atomic mass is 10.1. The Balaban J connectivity index is 1.93. The van der Waals surface area contributed by atoms with Crippen molar-refractivity contribution in [2.45, 2.75) is 17.1 Å². The number of aromatic nitrogens is 1. The molecule has 1 unspecified atom stereocenters. The molecule has 0 spiro atoms. The van der Waals surface area contributed by atoms with E-state index in [1.165, 1.54) is 5.56 Å². The quantitative estimate of drug-likeness (QED) is 0.643. The van der Waals surface area contributed by atoms with Gasteiger partial charge in [0.15, 0.2) is 5.78 Å². The van der Waals surface area contributed by atoms with E-state index in [0.29, 0.717) is 0 Å². The zero-order valence-corrected chi connectivity index (χ0v) is 13.0. The van der Waals surface area contributed by atoms with Gasteiger partial charge in [0.1, 0.15) is 0 Å². The fourth-order valence-corrected chi connectivity index (χ4v) is 4.07. The van der Waals surface area contributed by atoms with E-state index in [0.717, 1.165) is 21.8 Å². The van der Waals surface area contributed by atoms with E-state index in [1.54, 1.807) is 11.8 Å². The molecule has 108 valence electrons. The van der Waals surface area contributed by atoms with Gasteiger partial charge in [-0.2, -0.15) is 0 Å². The van der Waals surface area contributed by atoms with Crippen LogP contribution < -0.4 is 0 Å². The standard InChI is InChI=1S/C19H15NOS/c1-13-9-10-17-16(12-13)20-11-5-8-15(20)18(21)19(22-17)14-6-3-2-4-7-14/h2-12,19H,1H3. The Hall–Kier alpha value is -2.26. The van der Waals surface area contributed by atoms with Crippen molar-refractivity contribution in [2.24, 2.45) is 0 Å². The lowest BCUT2D eigenvalue weighted by molar-refractivity contribution is 0.0984. The number of nitrogens with zero attached hydrogens (tertiary/aromatic N) is 1. The molecule has 2 heterocycles. The molecule has 0 saturated heterocycles. The maximum absolute atomic E-state index is 13.0. The first-order valence-corrected chi connectivity index (χ1v) is 8.16. The lowest BCUT2D eigenvalue weighted by Gasteiger charge is -2.13. The summed E-state index contributed by atoms with van der Waals surface area (Å²) in [5.41, 5.74) is 4.10. The molecule has 0 bridgehead atoms. The fraction of sp³-hybridized carbons (Fsp3) is 0.105. The number of ketones is 1. The molecule has 1 aromatic heterocycles. The average molecular weight is 305 g/mol.